The van der Waals surface area contributed by atoms with Crippen molar-refractivity contribution in [3.8, 4) is 5.88 Å². The number of ether oxygens (including phenoxy) is 1. The summed E-state index contributed by atoms with van der Waals surface area (Å²) in [6.45, 7) is 6.57. The molecule has 1 aromatic heterocycles. The Labute approximate surface area is 118 Å². The largest absolute Gasteiger partial charge is 0.478 e. The molecule has 0 aliphatic carbocycles. The van der Waals surface area contributed by atoms with Gasteiger partial charge in [-0.15, -0.1) is 0 Å². The first-order valence-corrected chi connectivity index (χ1v) is 6.54. The van der Waals surface area contributed by atoms with E-state index >= 15 is 0 Å². The lowest BCUT2D eigenvalue weighted by Gasteiger charge is -2.09. The molecule has 0 aliphatic rings. The van der Waals surface area contributed by atoms with E-state index in [1.165, 1.54) is 6.33 Å². The second-order valence-corrected chi connectivity index (χ2v) is 4.57. The van der Waals surface area contributed by atoms with Crippen LogP contribution in [0.25, 0.3) is 0 Å². The van der Waals surface area contributed by atoms with Crippen LogP contribution in [0, 0.1) is 19.7 Å². The van der Waals surface area contributed by atoms with Crippen LogP contribution in [0.3, 0.4) is 0 Å². The predicted octanol–water partition coefficient (Wildman–Crippen LogP) is 3.24. The van der Waals surface area contributed by atoms with Gasteiger partial charge in [-0.25, -0.2) is 14.4 Å². The summed E-state index contributed by atoms with van der Waals surface area (Å²) < 4.78 is 18.9. The lowest BCUT2D eigenvalue weighted by molar-refractivity contribution is 0.326. The summed E-state index contributed by atoms with van der Waals surface area (Å²) in [4.78, 5) is 8.12. The number of halogens is 1. The number of hydrogen-bond donors (Lipinski definition) is 1. The van der Waals surface area contributed by atoms with Crippen LogP contribution >= 0.6 is 0 Å². The average molecular weight is 275 g/mol. The van der Waals surface area contributed by atoms with Crippen molar-refractivity contribution in [1.29, 1.82) is 0 Å². The van der Waals surface area contributed by atoms with Gasteiger partial charge in [0.15, 0.2) is 0 Å². The smallest absolute Gasteiger partial charge is 0.218 e. The summed E-state index contributed by atoms with van der Waals surface area (Å²) in [5.74, 6) is 1.08. The normalized spacial score (nSPS) is 10.4. The van der Waals surface area contributed by atoms with Gasteiger partial charge in [0.25, 0.3) is 0 Å². The van der Waals surface area contributed by atoms with Crippen molar-refractivity contribution in [2.75, 3.05) is 11.9 Å². The monoisotopic (exact) mass is 275 g/mol. The minimum absolute atomic E-state index is 0.144. The van der Waals surface area contributed by atoms with Crippen LogP contribution in [0.5, 0.6) is 5.88 Å². The minimum Gasteiger partial charge on any atom is -0.478 e. The molecule has 1 aromatic carbocycles. The third-order valence-corrected chi connectivity index (χ3v) is 2.90. The Balaban J connectivity index is 2.07. The highest BCUT2D eigenvalue weighted by Crippen LogP contribution is 2.16. The zero-order valence-corrected chi connectivity index (χ0v) is 11.9. The number of nitrogens with one attached hydrogen (secondary N) is 1. The van der Waals surface area contributed by atoms with Crippen LogP contribution in [0.1, 0.15) is 23.6 Å². The van der Waals surface area contributed by atoms with Crippen LogP contribution in [0.15, 0.2) is 24.5 Å². The Morgan fingerprint density at radius 3 is 2.50 bits per heavy atom. The average Bonchev–Trinajstić information content (AvgIpc) is 2.43. The Morgan fingerprint density at radius 1 is 1.15 bits per heavy atom. The molecular formula is C15H18FN3O. The van der Waals surface area contributed by atoms with E-state index in [1.54, 1.807) is 19.9 Å². The number of aromatic nitrogens is 2. The van der Waals surface area contributed by atoms with Crippen molar-refractivity contribution in [2.45, 2.75) is 27.3 Å². The molecule has 2 rings (SSSR count). The fourth-order valence-electron chi connectivity index (χ4n) is 1.99. The van der Waals surface area contributed by atoms with Gasteiger partial charge >= 0.3 is 0 Å². The predicted molar refractivity (Wildman–Crippen MR) is 76.4 cm³/mol. The lowest BCUT2D eigenvalue weighted by atomic mass is 10.1. The quantitative estimate of drug-likeness (QED) is 0.910. The van der Waals surface area contributed by atoms with E-state index in [4.69, 9.17) is 4.74 Å². The number of rotatable bonds is 5. The second-order valence-electron chi connectivity index (χ2n) is 4.57. The molecule has 4 nitrogen and oxygen atoms in total. The molecule has 0 atom stereocenters. The van der Waals surface area contributed by atoms with E-state index < -0.39 is 0 Å². The number of hydrogen-bond acceptors (Lipinski definition) is 4. The molecule has 106 valence electrons. The molecule has 0 radical (unpaired) electrons. The number of benzene rings is 1. The Hall–Kier alpha value is -2.17. The second kappa shape index (κ2) is 6.32. The third kappa shape index (κ3) is 3.44. The van der Waals surface area contributed by atoms with E-state index in [2.05, 4.69) is 15.3 Å². The summed E-state index contributed by atoms with van der Waals surface area (Å²) in [6.07, 6.45) is 1.45. The number of anilines is 1. The van der Waals surface area contributed by atoms with E-state index in [-0.39, 0.29) is 5.82 Å². The maximum absolute atomic E-state index is 13.6. The SMILES string of the molecule is CCOc1cc(NCc2cc(C)c(F)c(C)c2)ncn1. The Kier molecular flexibility index (Phi) is 4.50. The summed E-state index contributed by atoms with van der Waals surface area (Å²) in [7, 11) is 0. The van der Waals surface area contributed by atoms with Crippen molar-refractivity contribution in [1.82, 2.24) is 9.97 Å². The van der Waals surface area contributed by atoms with E-state index in [0.717, 1.165) is 5.56 Å². The Morgan fingerprint density at radius 2 is 1.85 bits per heavy atom. The minimum atomic E-state index is -0.144. The van der Waals surface area contributed by atoms with Crippen LogP contribution in [0.4, 0.5) is 10.2 Å². The van der Waals surface area contributed by atoms with Gasteiger partial charge < -0.3 is 10.1 Å². The maximum Gasteiger partial charge on any atom is 0.218 e. The van der Waals surface area contributed by atoms with E-state index in [1.807, 2.05) is 19.1 Å². The van der Waals surface area contributed by atoms with E-state index in [0.29, 0.717) is 36.0 Å². The molecule has 0 fully saturated rings. The molecule has 2 aromatic rings. The summed E-state index contributed by atoms with van der Waals surface area (Å²) in [5, 5.41) is 3.18. The lowest BCUT2D eigenvalue weighted by Crippen LogP contribution is -2.04. The van der Waals surface area contributed by atoms with Crippen molar-refractivity contribution in [2.24, 2.45) is 0 Å². The molecule has 5 heteroatoms. The number of nitrogens with zero attached hydrogens (tertiary/aromatic N) is 2. The highest BCUT2D eigenvalue weighted by molar-refractivity contribution is 5.39. The van der Waals surface area contributed by atoms with Crippen molar-refractivity contribution in [3.63, 3.8) is 0 Å². The maximum atomic E-state index is 13.6. The van der Waals surface area contributed by atoms with Crippen LogP contribution in [0.2, 0.25) is 0 Å². The van der Waals surface area contributed by atoms with E-state index in [9.17, 15) is 4.39 Å². The van der Waals surface area contributed by atoms with Crippen LogP contribution in [-0.2, 0) is 6.54 Å². The summed E-state index contributed by atoms with van der Waals surface area (Å²) in [6, 6.07) is 5.41. The van der Waals surface area contributed by atoms with Gasteiger partial charge in [0.05, 0.1) is 6.61 Å². The summed E-state index contributed by atoms with van der Waals surface area (Å²) >= 11 is 0. The Bertz CT molecular complexity index is 578. The van der Waals surface area contributed by atoms with Gasteiger partial charge in [-0.05, 0) is 37.5 Å². The fourth-order valence-corrected chi connectivity index (χ4v) is 1.99. The molecule has 0 saturated carbocycles. The van der Waals surface area contributed by atoms with Gasteiger partial charge in [0.2, 0.25) is 5.88 Å². The van der Waals surface area contributed by atoms with Gasteiger partial charge in [0, 0.05) is 12.6 Å². The van der Waals surface area contributed by atoms with Gasteiger partial charge in [-0.2, -0.15) is 0 Å². The van der Waals surface area contributed by atoms with Crippen LogP contribution in [-0.4, -0.2) is 16.6 Å². The molecule has 0 spiro atoms. The molecule has 0 unspecified atom stereocenters. The highest BCUT2D eigenvalue weighted by Gasteiger charge is 2.05. The number of aryl methyl sites for hydroxylation is 2. The van der Waals surface area contributed by atoms with Gasteiger partial charge in [-0.3, -0.25) is 0 Å². The molecule has 1 heterocycles. The molecular weight excluding hydrogens is 257 g/mol. The van der Waals surface area contributed by atoms with Crippen molar-refractivity contribution in [3.05, 3.63) is 47.0 Å². The first-order valence-electron chi connectivity index (χ1n) is 6.54. The molecule has 0 amide bonds. The fraction of sp³-hybridized carbons (Fsp3) is 0.333. The zero-order chi connectivity index (χ0) is 14.5. The van der Waals surface area contributed by atoms with Crippen molar-refractivity contribution < 1.29 is 9.13 Å². The molecule has 0 saturated heterocycles. The van der Waals surface area contributed by atoms with Gasteiger partial charge in [0.1, 0.15) is 18.0 Å². The highest BCUT2D eigenvalue weighted by atomic mass is 19.1. The third-order valence-electron chi connectivity index (χ3n) is 2.90. The first kappa shape index (κ1) is 14.2. The van der Waals surface area contributed by atoms with Crippen molar-refractivity contribution >= 4 is 5.82 Å². The molecule has 0 aliphatic heterocycles. The van der Waals surface area contributed by atoms with Gasteiger partial charge in [-0.1, -0.05) is 12.1 Å². The summed E-state index contributed by atoms with van der Waals surface area (Å²) in [5.41, 5.74) is 2.32. The standard InChI is InChI=1S/C15H18FN3O/c1-4-20-14-7-13(18-9-19-14)17-8-12-5-10(2)15(16)11(3)6-12/h5-7,9H,4,8H2,1-3H3,(H,17,18,19). The topological polar surface area (TPSA) is 47.0 Å². The molecule has 20 heavy (non-hydrogen) atoms. The molecule has 0 bridgehead atoms. The van der Waals surface area contributed by atoms with Crippen LogP contribution < -0.4 is 10.1 Å². The molecule has 1 N–H and O–H groups in total. The first-order chi connectivity index (χ1) is 9.60. The zero-order valence-electron chi connectivity index (χ0n) is 11.9.